The Morgan fingerprint density at radius 3 is 3.00 bits per heavy atom. The molecule has 4 nitrogen and oxygen atoms in total. The molecular formula is C9H15NO3. The zero-order valence-electron chi connectivity index (χ0n) is 7.62. The predicted molar refractivity (Wildman–Crippen MR) is 46.3 cm³/mol. The maximum Gasteiger partial charge on any atom is 0.336 e. The van der Waals surface area contributed by atoms with E-state index in [0.717, 1.165) is 6.54 Å². The van der Waals surface area contributed by atoms with Gasteiger partial charge in [-0.2, -0.15) is 0 Å². The quantitative estimate of drug-likeness (QED) is 0.625. The van der Waals surface area contributed by atoms with E-state index in [1.54, 1.807) is 0 Å². The van der Waals surface area contributed by atoms with Gasteiger partial charge in [0.25, 0.3) is 0 Å². The summed E-state index contributed by atoms with van der Waals surface area (Å²) >= 11 is 0. The maximum atomic E-state index is 11.3. The van der Waals surface area contributed by atoms with Crippen molar-refractivity contribution in [3.8, 4) is 0 Å². The van der Waals surface area contributed by atoms with Crippen LogP contribution in [0.15, 0.2) is 0 Å². The Balaban J connectivity index is 1.67. The minimum atomic E-state index is -0.382. The van der Waals surface area contributed by atoms with Crippen molar-refractivity contribution in [1.29, 1.82) is 0 Å². The van der Waals surface area contributed by atoms with Crippen LogP contribution in [0.5, 0.6) is 0 Å². The number of morpholine rings is 1. The summed E-state index contributed by atoms with van der Waals surface area (Å²) in [4.78, 5) is 11.3. The van der Waals surface area contributed by atoms with Gasteiger partial charge in [0.2, 0.25) is 0 Å². The minimum absolute atomic E-state index is 0.209. The third kappa shape index (κ3) is 2.67. The second-order valence-electron chi connectivity index (χ2n) is 3.64. The number of hydrogen-bond acceptors (Lipinski definition) is 4. The van der Waals surface area contributed by atoms with E-state index >= 15 is 0 Å². The average molecular weight is 185 g/mol. The number of carbonyl (C=O) groups excluding carboxylic acids is 1. The molecule has 4 heteroatoms. The SMILES string of the molecule is O=C(OCC1CC1)C1CNCCO1. The molecule has 2 fully saturated rings. The number of esters is 1. The molecule has 2 aliphatic rings. The number of nitrogens with one attached hydrogen (secondary N) is 1. The van der Waals surface area contributed by atoms with Crippen molar-refractivity contribution in [3.05, 3.63) is 0 Å². The van der Waals surface area contributed by atoms with Crippen molar-refractivity contribution < 1.29 is 14.3 Å². The Bertz CT molecular complexity index is 185. The molecule has 1 atom stereocenters. The summed E-state index contributed by atoms with van der Waals surface area (Å²) in [6.45, 7) is 2.60. The van der Waals surface area contributed by atoms with Crippen LogP contribution in [0, 0.1) is 5.92 Å². The summed E-state index contributed by atoms with van der Waals surface area (Å²) in [5.41, 5.74) is 0. The fourth-order valence-electron chi connectivity index (χ4n) is 1.29. The summed E-state index contributed by atoms with van der Waals surface area (Å²) in [6, 6.07) is 0. The van der Waals surface area contributed by atoms with Gasteiger partial charge >= 0.3 is 5.97 Å². The van der Waals surface area contributed by atoms with Gasteiger partial charge in [0.05, 0.1) is 13.2 Å². The molecule has 1 saturated carbocycles. The molecule has 2 rings (SSSR count). The highest BCUT2D eigenvalue weighted by molar-refractivity contribution is 5.75. The first kappa shape index (κ1) is 8.97. The normalized spacial score (nSPS) is 28.5. The zero-order valence-corrected chi connectivity index (χ0v) is 7.62. The summed E-state index contributed by atoms with van der Waals surface area (Å²) < 4.78 is 10.4. The van der Waals surface area contributed by atoms with Crippen molar-refractivity contribution in [1.82, 2.24) is 5.32 Å². The monoisotopic (exact) mass is 185 g/mol. The summed E-state index contributed by atoms with van der Waals surface area (Å²) in [5.74, 6) is 0.416. The second-order valence-corrected chi connectivity index (χ2v) is 3.64. The Labute approximate surface area is 77.6 Å². The lowest BCUT2D eigenvalue weighted by Crippen LogP contribution is -2.43. The molecule has 1 heterocycles. The lowest BCUT2D eigenvalue weighted by atomic mass is 10.3. The van der Waals surface area contributed by atoms with Gasteiger partial charge in [-0.3, -0.25) is 0 Å². The minimum Gasteiger partial charge on any atom is -0.463 e. The lowest BCUT2D eigenvalue weighted by molar-refractivity contribution is -0.159. The van der Waals surface area contributed by atoms with Gasteiger partial charge < -0.3 is 14.8 Å². The first-order valence-corrected chi connectivity index (χ1v) is 4.85. The molecule has 1 unspecified atom stereocenters. The smallest absolute Gasteiger partial charge is 0.336 e. The fraction of sp³-hybridized carbons (Fsp3) is 0.889. The molecule has 0 radical (unpaired) electrons. The predicted octanol–water partition coefficient (Wildman–Crippen LogP) is -0.0720. The molecule has 0 aromatic rings. The van der Waals surface area contributed by atoms with Crippen LogP contribution < -0.4 is 5.32 Å². The average Bonchev–Trinajstić information content (AvgIpc) is 2.99. The van der Waals surface area contributed by atoms with Gasteiger partial charge in [-0.1, -0.05) is 0 Å². The molecule has 0 spiro atoms. The van der Waals surface area contributed by atoms with Gasteiger partial charge in [-0.15, -0.1) is 0 Å². The van der Waals surface area contributed by atoms with Gasteiger partial charge in [-0.05, 0) is 18.8 Å². The van der Waals surface area contributed by atoms with Crippen molar-refractivity contribution in [2.75, 3.05) is 26.3 Å². The molecule has 1 N–H and O–H groups in total. The van der Waals surface area contributed by atoms with E-state index in [1.165, 1.54) is 12.8 Å². The first-order chi connectivity index (χ1) is 6.36. The van der Waals surface area contributed by atoms with Crippen LogP contribution in [0.4, 0.5) is 0 Å². The van der Waals surface area contributed by atoms with Crippen LogP contribution in [0.3, 0.4) is 0 Å². The first-order valence-electron chi connectivity index (χ1n) is 4.85. The van der Waals surface area contributed by atoms with Crippen LogP contribution >= 0.6 is 0 Å². The summed E-state index contributed by atoms with van der Waals surface area (Å²) in [7, 11) is 0. The van der Waals surface area contributed by atoms with Crippen molar-refractivity contribution in [2.45, 2.75) is 18.9 Å². The van der Waals surface area contributed by atoms with E-state index in [9.17, 15) is 4.79 Å². The summed E-state index contributed by atoms with van der Waals surface area (Å²) in [6.07, 6.45) is 2.03. The van der Waals surface area contributed by atoms with Crippen LogP contribution in [0.25, 0.3) is 0 Å². The molecule has 0 amide bonds. The molecule has 0 aromatic carbocycles. The van der Waals surface area contributed by atoms with E-state index in [-0.39, 0.29) is 12.1 Å². The third-order valence-corrected chi connectivity index (χ3v) is 2.35. The zero-order chi connectivity index (χ0) is 9.10. The highest BCUT2D eigenvalue weighted by Gasteiger charge is 2.27. The summed E-state index contributed by atoms with van der Waals surface area (Å²) in [5, 5.41) is 3.09. The number of hydrogen-bond donors (Lipinski definition) is 1. The highest BCUT2D eigenvalue weighted by Crippen LogP contribution is 2.28. The molecule has 0 aromatic heterocycles. The topological polar surface area (TPSA) is 47.6 Å². The standard InChI is InChI=1S/C9H15NO3/c11-9(13-6-7-1-2-7)8-5-10-3-4-12-8/h7-8,10H,1-6H2. The highest BCUT2D eigenvalue weighted by atomic mass is 16.6. The Kier molecular flexibility index (Phi) is 2.80. The lowest BCUT2D eigenvalue weighted by Gasteiger charge is -2.21. The van der Waals surface area contributed by atoms with Gasteiger partial charge in [0.15, 0.2) is 6.10 Å². The maximum absolute atomic E-state index is 11.3. The molecule has 74 valence electrons. The van der Waals surface area contributed by atoms with Crippen LogP contribution in [0.2, 0.25) is 0 Å². The third-order valence-electron chi connectivity index (χ3n) is 2.35. The number of rotatable bonds is 3. The van der Waals surface area contributed by atoms with Gasteiger partial charge in [0.1, 0.15) is 0 Å². The van der Waals surface area contributed by atoms with E-state index in [1.807, 2.05) is 0 Å². The molecule has 1 saturated heterocycles. The molecule has 1 aliphatic carbocycles. The van der Waals surface area contributed by atoms with Gasteiger partial charge in [0, 0.05) is 13.1 Å². The van der Waals surface area contributed by atoms with Crippen LogP contribution in [0.1, 0.15) is 12.8 Å². The molecule has 1 aliphatic heterocycles. The van der Waals surface area contributed by atoms with E-state index in [0.29, 0.717) is 25.7 Å². The van der Waals surface area contributed by atoms with E-state index in [4.69, 9.17) is 9.47 Å². The number of ether oxygens (including phenoxy) is 2. The Morgan fingerprint density at radius 2 is 2.38 bits per heavy atom. The van der Waals surface area contributed by atoms with Crippen LogP contribution in [-0.2, 0) is 14.3 Å². The molecular weight excluding hydrogens is 170 g/mol. The Morgan fingerprint density at radius 1 is 1.54 bits per heavy atom. The molecule has 0 bridgehead atoms. The van der Waals surface area contributed by atoms with E-state index in [2.05, 4.69) is 5.32 Å². The van der Waals surface area contributed by atoms with Crippen molar-refractivity contribution in [2.24, 2.45) is 5.92 Å². The largest absolute Gasteiger partial charge is 0.463 e. The van der Waals surface area contributed by atoms with Crippen molar-refractivity contribution >= 4 is 5.97 Å². The fourth-order valence-corrected chi connectivity index (χ4v) is 1.29. The Hall–Kier alpha value is -0.610. The molecule has 13 heavy (non-hydrogen) atoms. The van der Waals surface area contributed by atoms with Gasteiger partial charge in [-0.25, -0.2) is 4.79 Å². The second kappa shape index (κ2) is 4.07. The number of carbonyl (C=O) groups is 1. The van der Waals surface area contributed by atoms with E-state index < -0.39 is 0 Å². The van der Waals surface area contributed by atoms with Crippen LogP contribution in [-0.4, -0.2) is 38.4 Å². The van der Waals surface area contributed by atoms with Crippen molar-refractivity contribution in [3.63, 3.8) is 0 Å².